The smallest absolute Gasteiger partial charge is 0.258 e. The normalized spacial score (nSPS) is 14.8. The van der Waals surface area contributed by atoms with E-state index in [0.29, 0.717) is 31.5 Å². The molecule has 0 radical (unpaired) electrons. The molecule has 0 atom stereocenters. The minimum atomic E-state index is -0.617. The predicted molar refractivity (Wildman–Crippen MR) is 112 cm³/mol. The third-order valence-corrected chi connectivity index (χ3v) is 5.64. The molecule has 1 N–H and O–H groups in total. The van der Waals surface area contributed by atoms with Gasteiger partial charge in [0.05, 0.1) is 10.6 Å². The molecule has 29 heavy (non-hydrogen) atoms. The Balaban J connectivity index is 1.41. The molecule has 4 nitrogen and oxygen atoms in total. The predicted octanol–water partition coefficient (Wildman–Crippen LogP) is 4.67. The summed E-state index contributed by atoms with van der Waals surface area (Å²) in [7, 11) is 0. The fourth-order valence-corrected chi connectivity index (χ4v) is 4.02. The van der Waals surface area contributed by atoms with Crippen molar-refractivity contribution in [1.82, 2.24) is 10.2 Å². The van der Waals surface area contributed by atoms with Gasteiger partial charge in [0.1, 0.15) is 5.82 Å². The van der Waals surface area contributed by atoms with Crippen LogP contribution in [0.3, 0.4) is 0 Å². The van der Waals surface area contributed by atoms with E-state index >= 15 is 0 Å². The van der Waals surface area contributed by atoms with Gasteiger partial charge in [0, 0.05) is 24.7 Å². The van der Waals surface area contributed by atoms with Crippen molar-refractivity contribution in [3.63, 3.8) is 0 Å². The number of hydrogen-bond donors (Lipinski definition) is 1. The summed E-state index contributed by atoms with van der Waals surface area (Å²) in [5.74, 6) is -1.15. The fraction of sp³-hybridized carbons (Fsp3) is 0.217. The molecule has 148 valence electrons. The first kappa shape index (κ1) is 19.4. The molecule has 1 saturated heterocycles. The molecular formula is C23H20ClFN2O2. The Morgan fingerprint density at radius 2 is 1.66 bits per heavy atom. The van der Waals surface area contributed by atoms with E-state index in [1.54, 1.807) is 4.90 Å². The maximum atomic E-state index is 14.0. The Labute approximate surface area is 173 Å². The van der Waals surface area contributed by atoms with E-state index in [-0.39, 0.29) is 22.5 Å². The van der Waals surface area contributed by atoms with Gasteiger partial charge in [-0.05, 0) is 41.8 Å². The number of nitrogens with one attached hydrogen (secondary N) is 1. The molecule has 0 aliphatic carbocycles. The molecule has 3 aromatic rings. The van der Waals surface area contributed by atoms with Gasteiger partial charge >= 0.3 is 0 Å². The highest BCUT2D eigenvalue weighted by Gasteiger charge is 2.27. The summed E-state index contributed by atoms with van der Waals surface area (Å²) < 4.78 is 14.0. The van der Waals surface area contributed by atoms with Crippen LogP contribution in [0.25, 0.3) is 10.8 Å². The van der Waals surface area contributed by atoms with E-state index in [4.69, 9.17) is 11.6 Å². The second kappa shape index (κ2) is 8.21. The number of carbonyl (C=O) groups is 2. The Morgan fingerprint density at radius 3 is 2.41 bits per heavy atom. The lowest BCUT2D eigenvalue weighted by molar-refractivity contribution is 0.0694. The number of hydrogen-bond acceptors (Lipinski definition) is 2. The molecule has 6 heteroatoms. The van der Waals surface area contributed by atoms with Gasteiger partial charge in [0.25, 0.3) is 11.8 Å². The zero-order chi connectivity index (χ0) is 20.4. The number of likely N-dealkylation sites (tertiary alicyclic amines) is 1. The summed E-state index contributed by atoms with van der Waals surface area (Å²) in [5.41, 5.74) is 0.548. The van der Waals surface area contributed by atoms with E-state index in [0.717, 1.165) is 10.8 Å². The second-order valence-corrected chi connectivity index (χ2v) is 7.57. The molecule has 0 unspecified atom stereocenters. The van der Waals surface area contributed by atoms with Crippen LogP contribution >= 0.6 is 11.6 Å². The topological polar surface area (TPSA) is 49.4 Å². The van der Waals surface area contributed by atoms with Crippen LogP contribution < -0.4 is 5.32 Å². The number of nitrogens with zero attached hydrogens (tertiary/aromatic N) is 1. The SMILES string of the molecule is O=C(NC1CCN(C(=O)c2c(F)cccc2Cl)CC1)c1cccc2ccccc12. The van der Waals surface area contributed by atoms with E-state index in [9.17, 15) is 14.0 Å². The molecular weight excluding hydrogens is 391 g/mol. The first-order valence-electron chi connectivity index (χ1n) is 9.56. The minimum Gasteiger partial charge on any atom is -0.349 e. The van der Waals surface area contributed by atoms with Crippen molar-refractivity contribution in [2.45, 2.75) is 18.9 Å². The molecule has 3 aromatic carbocycles. The van der Waals surface area contributed by atoms with Crippen LogP contribution in [-0.2, 0) is 0 Å². The zero-order valence-corrected chi connectivity index (χ0v) is 16.5. The first-order chi connectivity index (χ1) is 14.0. The van der Waals surface area contributed by atoms with E-state index in [1.807, 2.05) is 42.5 Å². The van der Waals surface area contributed by atoms with Gasteiger partial charge in [-0.15, -0.1) is 0 Å². The lowest BCUT2D eigenvalue weighted by Gasteiger charge is -2.32. The van der Waals surface area contributed by atoms with Gasteiger partial charge < -0.3 is 10.2 Å². The molecule has 0 bridgehead atoms. The van der Waals surface area contributed by atoms with Crippen LogP contribution in [0.5, 0.6) is 0 Å². The minimum absolute atomic E-state index is 0.0402. The Bertz CT molecular complexity index is 1050. The van der Waals surface area contributed by atoms with Gasteiger partial charge in [-0.2, -0.15) is 0 Å². The Hall–Kier alpha value is -2.92. The third-order valence-electron chi connectivity index (χ3n) is 5.33. The molecule has 0 aromatic heterocycles. The molecule has 2 amide bonds. The van der Waals surface area contributed by atoms with E-state index < -0.39 is 11.7 Å². The van der Waals surface area contributed by atoms with Gasteiger partial charge in [-0.25, -0.2) is 4.39 Å². The number of halogens is 2. The van der Waals surface area contributed by atoms with Gasteiger partial charge in [-0.3, -0.25) is 9.59 Å². The van der Waals surface area contributed by atoms with Gasteiger partial charge in [0.2, 0.25) is 0 Å². The van der Waals surface area contributed by atoms with Crippen LogP contribution in [0.4, 0.5) is 4.39 Å². The summed E-state index contributed by atoms with van der Waals surface area (Å²) in [6.45, 7) is 0.869. The summed E-state index contributed by atoms with van der Waals surface area (Å²) in [4.78, 5) is 27.0. The zero-order valence-electron chi connectivity index (χ0n) is 15.7. The Kier molecular flexibility index (Phi) is 5.49. The molecule has 0 saturated carbocycles. The van der Waals surface area contributed by atoms with E-state index in [2.05, 4.69) is 5.32 Å². The van der Waals surface area contributed by atoms with Crippen molar-refractivity contribution in [3.8, 4) is 0 Å². The maximum Gasteiger partial charge on any atom is 0.258 e. The maximum absolute atomic E-state index is 14.0. The van der Waals surface area contributed by atoms with Crippen molar-refractivity contribution in [2.24, 2.45) is 0 Å². The third kappa shape index (κ3) is 3.96. The quantitative estimate of drug-likeness (QED) is 0.682. The van der Waals surface area contributed by atoms with Crippen LogP contribution in [0.1, 0.15) is 33.6 Å². The standard InChI is InChI=1S/C23H20ClFN2O2/c24-19-9-4-10-20(25)21(19)23(29)27-13-11-16(12-14-27)26-22(28)18-8-3-6-15-5-1-2-7-17(15)18/h1-10,16H,11-14H2,(H,26,28). The summed E-state index contributed by atoms with van der Waals surface area (Å²) in [5, 5.41) is 5.11. The second-order valence-electron chi connectivity index (χ2n) is 7.16. The highest BCUT2D eigenvalue weighted by molar-refractivity contribution is 6.33. The highest BCUT2D eigenvalue weighted by atomic mass is 35.5. The van der Waals surface area contributed by atoms with Gasteiger partial charge in [-0.1, -0.05) is 54.1 Å². The lowest BCUT2D eigenvalue weighted by Crippen LogP contribution is -2.46. The van der Waals surface area contributed by atoms with Crippen LogP contribution in [0.2, 0.25) is 5.02 Å². The van der Waals surface area contributed by atoms with Gasteiger partial charge in [0.15, 0.2) is 0 Å². The molecule has 0 spiro atoms. The molecule has 1 heterocycles. The lowest BCUT2D eigenvalue weighted by atomic mass is 10.0. The van der Waals surface area contributed by atoms with Crippen LogP contribution in [-0.4, -0.2) is 35.8 Å². The fourth-order valence-electron chi connectivity index (χ4n) is 3.77. The van der Waals surface area contributed by atoms with Crippen molar-refractivity contribution in [1.29, 1.82) is 0 Å². The summed E-state index contributed by atoms with van der Waals surface area (Å²) in [6, 6.07) is 17.6. The summed E-state index contributed by atoms with van der Waals surface area (Å²) >= 11 is 6.01. The number of carbonyl (C=O) groups excluding carboxylic acids is 2. The van der Waals surface area contributed by atoms with Crippen molar-refractivity contribution >= 4 is 34.2 Å². The van der Waals surface area contributed by atoms with Crippen molar-refractivity contribution < 1.29 is 14.0 Å². The molecule has 4 rings (SSSR count). The van der Waals surface area contributed by atoms with Crippen LogP contribution in [0.15, 0.2) is 60.7 Å². The highest BCUT2D eigenvalue weighted by Crippen LogP contribution is 2.23. The van der Waals surface area contributed by atoms with Crippen molar-refractivity contribution in [3.05, 3.63) is 82.6 Å². The average molecular weight is 411 g/mol. The number of rotatable bonds is 3. The molecule has 1 fully saturated rings. The number of piperidine rings is 1. The molecule has 1 aliphatic heterocycles. The van der Waals surface area contributed by atoms with Crippen molar-refractivity contribution in [2.75, 3.05) is 13.1 Å². The monoisotopic (exact) mass is 410 g/mol. The number of benzene rings is 3. The Morgan fingerprint density at radius 1 is 0.966 bits per heavy atom. The molecule has 1 aliphatic rings. The van der Waals surface area contributed by atoms with E-state index in [1.165, 1.54) is 18.2 Å². The van der Waals surface area contributed by atoms with Crippen LogP contribution in [0, 0.1) is 5.82 Å². The average Bonchev–Trinajstić information content (AvgIpc) is 2.73. The summed E-state index contributed by atoms with van der Waals surface area (Å²) in [6.07, 6.45) is 1.21. The number of fused-ring (bicyclic) bond motifs is 1. The largest absolute Gasteiger partial charge is 0.349 e. The first-order valence-corrected chi connectivity index (χ1v) is 9.94. The number of amides is 2.